The zero-order valence-electron chi connectivity index (χ0n) is 11.1. The Hall–Kier alpha value is -1.61. The molecule has 2 aromatic rings. The van der Waals surface area contributed by atoms with Gasteiger partial charge in [0.25, 0.3) is 5.91 Å². The molecule has 100 valence electrons. The highest BCUT2D eigenvalue weighted by molar-refractivity contribution is 6.18. The lowest BCUT2D eigenvalue weighted by Crippen LogP contribution is -2.39. The molecule has 0 spiro atoms. The first-order valence-corrected chi connectivity index (χ1v) is 6.87. The van der Waals surface area contributed by atoms with Crippen molar-refractivity contribution in [3.63, 3.8) is 0 Å². The van der Waals surface area contributed by atoms with Crippen molar-refractivity contribution in [2.75, 3.05) is 5.88 Å². The van der Waals surface area contributed by atoms with Gasteiger partial charge in [0, 0.05) is 23.5 Å². The molecule has 3 nitrogen and oxygen atoms in total. The van der Waals surface area contributed by atoms with Crippen LogP contribution >= 0.6 is 11.6 Å². The number of halogens is 1. The molecule has 1 atom stereocenters. The van der Waals surface area contributed by atoms with Crippen LogP contribution in [-0.4, -0.2) is 22.8 Å². The minimum absolute atomic E-state index is 0.0341. The van der Waals surface area contributed by atoms with Gasteiger partial charge in [-0.1, -0.05) is 32.0 Å². The number of para-hydroxylation sites is 1. The summed E-state index contributed by atoms with van der Waals surface area (Å²) in [5.74, 6) is 0.578. The molecule has 1 aromatic heterocycles. The summed E-state index contributed by atoms with van der Waals surface area (Å²) in [4.78, 5) is 16.6. The molecule has 1 amide bonds. The summed E-state index contributed by atoms with van der Waals surface area (Å²) in [6, 6.07) is 9.37. The summed E-state index contributed by atoms with van der Waals surface area (Å²) in [7, 11) is 0. The fraction of sp³-hybridized carbons (Fsp3) is 0.333. The van der Waals surface area contributed by atoms with Crippen molar-refractivity contribution in [2.24, 2.45) is 5.92 Å². The molecule has 0 aliphatic carbocycles. The Labute approximate surface area is 118 Å². The topological polar surface area (TPSA) is 42.0 Å². The van der Waals surface area contributed by atoms with E-state index in [9.17, 15) is 4.79 Å². The Kier molecular flexibility index (Phi) is 4.38. The molecule has 1 N–H and O–H groups in total. The lowest BCUT2D eigenvalue weighted by molar-refractivity contribution is 0.0932. The molecule has 0 radical (unpaired) electrons. The molecule has 0 aliphatic heterocycles. The highest BCUT2D eigenvalue weighted by Gasteiger charge is 2.17. The highest BCUT2D eigenvalue weighted by atomic mass is 35.5. The van der Waals surface area contributed by atoms with Gasteiger partial charge in [-0.15, -0.1) is 11.6 Å². The van der Waals surface area contributed by atoms with E-state index in [4.69, 9.17) is 11.6 Å². The minimum atomic E-state index is -0.122. The number of nitrogens with zero attached hydrogens (tertiary/aromatic N) is 1. The molecule has 0 saturated carbocycles. The van der Waals surface area contributed by atoms with Gasteiger partial charge in [-0.25, -0.2) is 0 Å². The van der Waals surface area contributed by atoms with Crippen molar-refractivity contribution < 1.29 is 4.79 Å². The maximum atomic E-state index is 12.3. The van der Waals surface area contributed by atoms with E-state index in [1.54, 1.807) is 12.3 Å². The second-order valence-electron chi connectivity index (χ2n) is 4.86. The van der Waals surface area contributed by atoms with E-state index < -0.39 is 0 Å². The van der Waals surface area contributed by atoms with Gasteiger partial charge in [0.05, 0.1) is 11.1 Å². The molecule has 0 aliphatic rings. The molecule has 19 heavy (non-hydrogen) atoms. The zero-order valence-corrected chi connectivity index (χ0v) is 11.8. The van der Waals surface area contributed by atoms with Crippen LogP contribution in [0.2, 0.25) is 0 Å². The molecule has 1 heterocycles. The van der Waals surface area contributed by atoms with Gasteiger partial charge in [-0.05, 0) is 18.1 Å². The van der Waals surface area contributed by atoms with Crippen molar-refractivity contribution >= 4 is 28.4 Å². The largest absolute Gasteiger partial charge is 0.348 e. The number of rotatable bonds is 4. The van der Waals surface area contributed by atoms with E-state index >= 15 is 0 Å². The molecule has 0 saturated heterocycles. The van der Waals surface area contributed by atoms with Crippen molar-refractivity contribution in [3.8, 4) is 0 Å². The number of alkyl halides is 1. The number of carbonyl (C=O) groups is 1. The Morgan fingerprint density at radius 1 is 1.32 bits per heavy atom. The number of hydrogen-bond acceptors (Lipinski definition) is 2. The Balaban J connectivity index is 2.31. The standard InChI is InChI=1S/C15H17ClN2O/c1-10(2)13(9-16)18-15(19)12-7-3-5-11-6-4-8-17-14(11)12/h3-8,10,13H,9H2,1-2H3,(H,18,19). The lowest BCUT2D eigenvalue weighted by atomic mass is 10.0. The van der Waals surface area contributed by atoms with Gasteiger partial charge in [-0.3, -0.25) is 9.78 Å². The third-order valence-corrected chi connectivity index (χ3v) is 3.50. The summed E-state index contributed by atoms with van der Waals surface area (Å²) < 4.78 is 0. The van der Waals surface area contributed by atoms with Crippen LogP contribution in [0.4, 0.5) is 0 Å². The van der Waals surface area contributed by atoms with Crippen LogP contribution in [0.3, 0.4) is 0 Å². The Morgan fingerprint density at radius 3 is 2.74 bits per heavy atom. The summed E-state index contributed by atoms with van der Waals surface area (Å²) >= 11 is 5.88. The van der Waals surface area contributed by atoms with Gasteiger partial charge >= 0.3 is 0 Å². The van der Waals surface area contributed by atoms with Crippen LogP contribution < -0.4 is 5.32 Å². The first-order chi connectivity index (χ1) is 9.13. The van der Waals surface area contributed by atoms with E-state index in [1.165, 1.54) is 0 Å². The normalized spacial score (nSPS) is 12.6. The van der Waals surface area contributed by atoms with Gasteiger partial charge in [0.15, 0.2) is 0 Å². The third kappa shape index (κ3) is 3.04. The van der Waals surface area contributed by atoms with Crippen molar-refractivity contribution in [1.82, 2.24) is 10.3 Å². The SMILES string of the molecule is CC(C)C(CCl)NC(=O)c1cccc2cccnc12. The van der Waals surface area contributed by atoms with Crippen LogP contribution in [0.1, 0.15) is 24.2 Å². The molecule has 2 rings (SSSR count). The van der Waals surface area contributed by atoms with E-state index in [2.05, 4.69) is 10.3 Å². The van der Waals surface area contributed by atoms with E-state index in [0.717, 1.165) is 10.9 Å². The number of aromatic nitrogens is 1. The predicted octanol–water partition coefficient (Wildman–Crippen LogP) is 3.23. The number of carbonyl (C=O) groups excluding carboxylic acids is 1. The van der Waals surface area contributed by atoms with Crippen molar-refractivity contribution in [1.29, 1.82) is 0 Å². The van der Waals surface area contributed by atoms with Gasteiger partial charge in [-0.2, -0.15) is 0 Å². The van der Waals surface area contributed by atoms with E-state index in [-0.39, 0.29) is 11.9 Å². The number of benzene rings is 1. The molecular formula is C15H17ClN2O. The summed E-state index contributed by atoms with van der Waals surface area (Å²) in [5, 5.41) is 3.92. The molecule has 1 aromatic carbocycles. The average molecular weight is 277 g/mol. The molecular weight excluding hydrogens is 260 g/mol. The Bertz CT molecular complexity index is 578. The molecule has 0 bridgehead atoms. The van der Waals surface area contributed by atoms with Crippen LogP contribution in [0.5, 0.6) is 0 Å². The maximum absolute atomic E-state index is 12.3. The van der Waals surface area contributed by atoms with Crippen LogP contribution in [-0.2, 0) is 0 Å². The van der Waals surface area contributed by atoms with Gasteiger partial charge in [0.1, 0.15) is 0 Å². The Morgan fingerprint density at radius 2 is 2.05 bits per heavy atom. The minimum Gasteiger partial charge on any atom is -0.348 e. The lowest BCUT2D eigenvalue weighted by Gasteiger charge is -2.20. The smallest absolute Gasteiger partial charge is 0.253 e. The average Bonchev–Trinajstić information content (AvgIpc) is 2.43. The summed E-state index contributed by atoms with van der Waals surface area (Å²) in [6.45, 7) is 4.07. The second kappa shape index (κ2) is 6.02. The van der Waals surface area contributed by atoms with Gasteiger partial charge in [0.2, 0.25) is 0 Å². The van der Waals surface area contributed by atoms with E-state index in [0.29, 0.717) is 17.4 Å². The quantitative estimate of drug-likeness (QED) is 0.871. The number of fused-ring (bicyclic) bond motifs is 1. The predicted molar refractivity (Wildman–Crippen MR) is 78.6 cm³/mol. The number of nitrogens with one attached hydrogen (secondary N) is 1. The van der Waals surface area contributed by atoms with Crippen LogP contribution in [0, 0.1) is 5.92 Å². The van der Waals surface area contributed by atoms with Crippen molar-refractivity contribution in [2.45, 2.75) is 19.9 Å². The first kappa shape index (κ1) is 13.8. The van der Waals surface area contributed by atoms with Gasteiger partial charge < -0.3 is 5.32 Å². The third-order valence-electron chi connectivity index (χ3n) is 3.16. The van der Waals surface area contributed by atoms with Crippen LogP contribution in [0.15, 0.2) is 36.5 Å². The summed E-state index contributed by atoms with van der Waals surface area (Å²) in [6.07, 6.45) is 1.70. The second-order valence-corrected chi connectivity index (χ2v) is 5.17. The fourth-order valence-corrected chi connectivity index (χ4v) is 2.35. The number of amides is 1. The van der Waals surface area contributed by atoms with Crippen LogP contribution in [0.25, 0.3) is 10.9 Å². The molecule has 1 unspecified atom stereocenters. The number of hydrogen-bond donors (Lipinski definition) is 1. The summed E-state index contributed by atoms with van der Waals surface area (Å²) in [5.41, 5.74) is 1.31. The van der Waals surface area contributed by atoms with E-state index in [1.807, 2.05) is 38.1 Å². The zero-order chi connectivity index (χ0) is 13.8. The maximum Gasteiger partial charge on any atom is 0.253 e. The van der Waals surface area contributed by atoms with Crippen molar-refractivity contribution in [3.05, 3.63) is 42.1 Å². The number of pyridine rings is 1. The fourth-order valence-electron chi connectivity index (χ4n) is 1.92. The monoisotopic (exact) mass is 276 g/mol. The first-order valence-electron chi connectivity index (χ1n) is 6.34. The molecule has 0 fully saturated rings. The molecule has 4 heteroatoms. The highest BCUT2D eigenvalue weighted by Crippen LogP contribution is 2.16.